The molecular formula is C35H36Cl2N4O6S. The van der Waals surface area contributed by atoms with Gasteiger partial charge in [-0.2, -0.15) is 0 Å². The summed E-state index contributed by atoms with van der Waals surface area (Å²) in [6, 6.07) is 19.8. The van der Waals surface area contributed by atoms with Gasteiger partial charge in [-0.05, 0) is 97.5 Å². The van der Waals surface area contributed by atoms with Crippen molar-refractivity contribution in [3.05, 3.63) is 117 Å². The van der Waals surface area contributed by atoms with Gasteiger partial charge in [0, 0.05) is 40.2 Å². The SMILES string of the molecule is COc1ccc(Cn2cccc2C(=O)NCCS(=O)(=O)NC(=O)c2[nH]c3cc(Cl)ccc3c2CCCOc2cc(C)c(Cl)c(C)c2)cc1. The van der Waals surface area contributed by atoms with Crippen LogP contribution in [0, 0.1) is 13.8 Å². The normalized spacial score (nSPS) is 11.4. The minimum absolute atomic E-state index is 0.120. The number of sulfonamides is 1. The zero-order valence-electron chi connectivity index (χ0n) is 26.7. The lowest BCUT2D eigenvalue weighted by molar-refractivity contribution is 0.0946. The second kappa shape index (κ2) is 15.2. The van der Waals surface area contributed by atoms with Crippen LogP contribution in [0.1, 0.15) is 49.7 Å². The standard InChI is InChI=1S/C35H36Cl2N4O6S/c1-22-18-27(19-23(2)32(22)37)47-16-5-6-29-28-13-10-25(36)20-30(28)39-33(29)35(43)40-48(44,45)17-14-38-34(42)31-7-4-15-41(31)21-24-8-11-26(46-3)12-9-24/h4,7-13,15,18-20,39H,5-6,14,16-17,21H2,1-3H3,(H,38,42)(H,40,43). The molecule has 5 aromatic rings. The molecule has 0 atom stereocenters. The first kappa shape index (κ1) is 34.9. The predicted molar refractivity (Wildman–Crippen MR) is 188 cm³/mol. The average Bonchev–Trinajstić information content (AvgIpc) is 3.66. The van der Waals surface area contributed by atoms with E-state index < -0.39 is 27.6 Å². The molecule has 13 heteroatoms. The van der Waals surface area contributed by atoms with E-state index in [1.165, 1.54) is 0 Å². The van der Waals surface area contributed by atoms with Gasteiger partial charge in [0.15, 0.2) is 0 Å². The molecule has 0 aliphatic heterocycles. The van der Waals surface area contributed by atoms with Crippen molar-refractivity contribution < 1.29 is 27.5 Å². The summed E-state index contributed by atoms with van der Waals surface area (Å²) in [6.45, 7) is 4.43. The Morgan fingerprint density at radius 1 is 0.938 bits per heavy atom. The summed E-state index contributed by atoms with van der Waals surface area (Å²) in [5.74, 6) is -0.314. The Morgan fingerprint density at radius 2 is 1.67 bits per heavy atom. The first-order chi connectivity index (χ1) is 22.9. The molecule has 48 heavy (non-hydrogen) atoms. The number of hydrogen-bond acceptors (Lipinski definition) is 6. The molecule has 5 rings (SSSR count). The van der Waals surface area contributed by atoms with E-state index in [4.69, 9.17) is 32.7 Å². The summed E-state index contributed by atoms with van der Waals surface area (Å²) in [5.41, 5.74) is 4.54. The number of carbonyl (C=O) groups is 2. The smallest absolute Gasteiger partial charge is 0.281 e. The molecule has 3 N–H and O–H groups in total. The van der Waals surface area contributed by atoms with E-state index in [0.29, 0.717) is 58.6 Å². The highest BCUT2D eigenvalue weighted by Crippen LogP contribution is 2.28. The number of hydrogen-bond donors (Lipinski definition) is 3. The van der Waals surface area contributed by atoms with E-state index in [9.17, 15) is 18.0 Å². The van der Waals surface area contributed by atoms with Crippen molar-refractivity contribution in [1.29, 1.82) is 0 Å². The highest BCUT2D eigenvalue weighted by molar-refractivity contribution is 7.90. The van der Waals surface area contributed by atoms with E-state index in [1.807, 2.05) is 50.2 Å². The third-order valence-electron chi connectivity index (χ3n) is 7.82. The zero-order chi connectivity index (χ0) is 34.4. The molecule has 0 aliphatic rings. The van der Waals surface area contributed by atoms with Crippen molar-refractivity contribution in [3.63, 3.8) is 0 Å². The van der Waals surface area contributed by atoms with Crippen molar-refractivity contribution >= 4 is 55.9 Å². The highest BCUT2D eigenvalue weighted by atomic mass is 35.5. The minimum atomic E-state index is -4.11. The fourth-order valence-corrected chi connectivity index (χ4v) is 6.57. The second-order valence-electron chi connectivity index (χ2n) is 11.4. The Hall–Kier alpha value is -4.45. The Labute approximate surface area is 289 Å². The lowest BCUT2D eigenvalue weighted by atomic mass is 10.1. The van der Waals surface area contributed by atoms with E-state index in [-0.39, 0.29) is 12.2 Å². The molecule has 2 heterocycles. The molecule has 252 valence electrons. The second-order valence-corrected chi connectivity index (χ2v) is 14.0. The lowest BCUT2D eigenvalue weighted by Crippen LogP contribution is -2.38. The molecule has 3 aromatic carbocycles. The largest absolute Gasteiger partial charge is 0.497 e. The number of nitrogens with one attached hydrogen (secondary N) is 3. The van der Waals surface area contributed by atoms with Crippen molar-refractivity contribution in [1.82, 2.24) is 19.6 Å². The lowest BCUT2D eigenvalue weighted by Gasteiger charge is -2.12. The van der Waals surface area contributed by atoms with Crippen LogP contribution in [0.5, 0.6) is 11.5 Å². The van der Waals surface area contributed by atoms with Gasteiger partial charge in [-0.3, -0.25) is 9.59 Å². The van der Waals surface area contributed by atoms with Crippen LogP contribution in [0.15, 0.2) is 72.9 Å². The van der Waals surface area contributed by atoms with Gasteiger partial charge in [-0.25, -0.2) is 13.1 Å². The number of benzene rings is 3. The Balaban J connectivity index is 1.19. The van der Waals surface area contributed by atoms with E-state index in [0.717, 1.165) is 27.8 Å². The maximum Gasteiger partial charge on any atom is 0.281 e. The summed E-state index contributed by atoms with van der Waals surface area (Å²) in [6.07, 6.45) is 2.75. The fourth-order valence-electron chi connectivity index (χ4n) is 5.43. The Morgan fingerprint density at radius 3 is 2.38 bits per heavy atom. The number of carbonyl (C=O) groups excluding carboxylic acids is 2. The summed E-state index contributed by atoms with van der Waals surface area (Å²) in [4.78, 5) is 29.3. The Bertz CT molecular complexity index is 2030. The first-order valence-corrected chi connectivity index (χ1v) is 17.7. The molecule has 0 unspecified atom stereocenters. The van der Waals surface area contributed by atoms with Crippen LogP contribution in [-0.4, -0.2) is 55.8 Å². The number of aromatic nitrogens is 2. The number of fused-ring (bicyclic) bond motifs is 1. The van der Waals surface area contributed by atoms with Crippen molar-refractivity contribution in [3.8, 4) is 11.5 Å². The number of aromatic amines is 1. The van der Waals surface area contributed by atoms with Gasteiger partial charge < -0.3 is 24.3 Å². The number of H-pyrrole nitrogens is 1. The molecular weight excluding hydrogens is 675 g/mol. The van der Waals surface area contributed by atoms with Gasteiger partial charge in [0.25, 0.3) is 11.8 Å². The quantitative estimate of drug-likeness (QED) is 0.114. The van der Waals surface area contributed by atoms with Crippen LogP contribution >= 0.6 is 23.2 Å². The number of ether oxygens (including phenoxy) is 2. The zero-order valence-corrected chi connectivity index (χ0v) is 29.1. The molecule has 0 spiro atoms. The number of halogens is 2. The van der Waals surface area contributed by atoms with Crippen LogP contribution < -0.4 is 19.5 Å². The summed E-state index contributed by atoms with van der Waals surface area (Å²) >= 11 is 12.5. The minimum Gasteiger partial charge on any atom is -0.497 e. The average molecular weight is 712 g/mol. The molecule has 0 saturated heterocycles. The highest BCUT2D eigenvalue weighted by Gasteiger charge is 2.23. The predicted octanol–water partition coefficient (Wildman–Crippen LogP) is 6.45. The van der Waals surface area contributed by atoms with Crippen LogP contribution in [0.25, 0.3) is 10.9 Å². The van der Waals surface area contributed by atoms with Crippen LogP contribution in [0.4, 0.5) is 0 Å². The van der Waals surface area contributed by atoms with Gasteiger partial charge in [-0.1, -0.05) is 41.4 Å². The van der Waals surface area contributed by atoms with E-state index in [1.54, 1.807) is 48.2 Å². The molecule has 0 bridgehead atoms. The van der Waals surface area contributed by atoms with Gasteiger partial charge >= 0.3 is 0 Å². The van der Waals surface area contributed by atoms with Crippen molar-refractivity contribution in [2.24, 2.45) is 0 Å². The third-order valence-corrected chi connectivity index (χ3v) is 9.89. The monoisotopic (exact) mass is 710 g/mol. The van der Waals surface area contributed by atoms with E-state index >= 15 is 0 Å². The maximum absolute atomic E-state index is 13.3. The molecule has 2 amide bonds. The summed E-state index contributed by atoms with van der Waals surface area (Å²) in [7, 11) is -2.52. The van der Waals surface area contributed by atoms with Crippen LogP contribution in [-0.2, 0) is 23.0 Å². The summed E-state index contributed by atoms with van der Waals surface area (Å²) < 4.78 is 41.0. The topological polar surface area (TPSA) is 132 Å². The summed E-state index contributed by atoms with van der Waals surface area (Å²) in [5, 5.41) is 4.56. The van der Waals surface area contributed by atoms with Crippen LogP contribution in [0.3, 0.4) is 0 Å². The van der Waals surface area contributed by atoms with Gasteiger partial charge in [-0.15, -0.1) is 0 Å². The number of amides is 2. The Kier molecular flexibility index (Phi) is 11.0. The van der Waals surface area contributed by atoms with Gasteiger partial charge in [0.05, 0.1) is 19.5 Å². The van der Waals surface area contributed by atoms with Crippen molar-refractivity contribution in [2.45, 2.75) is 33.2 Å². The molecule has 0 fully saturated rings. The number of methoxy groups -OCH3 is 1. The first-order valence-electron chi connectivity index (χ1n) is 15.2. The maximum atomic E-state index is 13.3. The number of aryl methyl sites for hydroxylation is 3. The van der Waals surface area contributed by atoms with Crippen molar-refractivity contribution in [2.75, 3.05) is 26.0 Å². The third kappa shape index (κ3) is 8.52. The van der Waals surface area contributed by atoms with Gasteiger partial charge in [0.2, 0.25) is 10.0 Å². The fraction of sp³-hybridized carbons (Fsp3) is 0.257. The molecule has 0 saturated carbocycles. The number of rotatable bonds is 14. The molecule has 10 nitrogen and oxygen atoms in total. The molecule has 2 aromatic heterocycles. The number of nitrogens with zero attached hydrogens (tertiary/aromatic N) is 1. The molecule has 0 radical (unpaired) electrons. The molecule has 0 aliphatic carbocycles. The van der Waals surface area contributed by atoms with Crippen LogP contribution in [0.2, 0.25) is 10.0 Å². The van der Waals surface area contributed by atoms with Gasteiger partial charge in [0.1, 0.15) is 22.9 Å². The van der Waals surface area contributed by atoms with E-state index in [2.05, 4.69) is 15.0 Å².